The van der Waals surface area contributed by atoms with Crippen molar-refractivity contribution in [2.24, 2.45) is 11.6 Å². The van der Waals surface area contributed by atoms with Gasteiger partial charge in [-0.2, -0.15) is 5.26 Å². The molecule has 0 aliphatic heterocycles. The predicted octanol–water partition coefficient (Wildman–Crippen LogP) is 0.467. The Kier molecular flexibility index (Phi) is 5.05. The van der Waals surface area contributed by atoms with E-state index < -0.39 is 5.97 Å². The second kappa shape index (κ2) is 6.54. The topological polar surface area (TPSA) is 125 Å². The number of carboxylic acids is 1. The van der Waals surface area contributed by atoms with Crippen LogP contribution in [0.4, 0.5) is 0 Å². The molecule has 0 unspecified atom stereocenters. The Bertz CT molecular complexity index is 505. The summed E-state index contributed by atoms with van der Waals surface area (Å²) in [7, 11) is 0. The second-order valence-corrected chi connectivity index (χ2v) is 4.28. The van der Waals surface area contributed by atoms with Gasteiger partial charge in [0.25, 0.3) is 0 Å². The van der Waals surface area contributed by atoms with Gasteiger partial charge in [-0.05, 0) is 17.7 Å². The summed E-state index contributed by atoms with van der Waals surface area (Å²) in [6.45, 7) is 0. The number of nitrogens with two attached hydrogens (primary N) is 2. The molecular formula is C11H12N4O2S. The molecule has 0 atom stereocenters. The van der Waals surface area contributed by atoms with Crippen LogP contribution >= 0.6 is 11.8 Å². The number of nitrogens with one attached hydrogen (secondary N) is 1. The lowest BCUT2D eigenvalue weighted by Gasteiger charge is -2.08. The first-order valence-electron chi connectivity index (χ1n) is 4.90. The van der Waals surface area contributed by atoms with Crippen LogP contribution in [0.15, 0.2) is 35.0 Å². The fourth-order valence-electron chi connectivity index (χ4n) is 1.13. The summed E-state index contributed by atoms with van der Waals surface area (Å²) in [6.07, 6.45) is 0. The molecule has 0 fully saturated rings. The van der Waals surface area contributed by atoms with Crippen LogP contribution in [0.25, 0.3) is 0 Å². The molecule has 94 valence electrons. The van der Waals surface area contributed by atoms with E-state index in [0.717, 1.165) is 5.56 Å². The highest BCUT2D eigenvalue weighted by Crippen LogP contribution is 2.20. The van der Waals surface area contributed by atoms with Crippen LogP contribution in [-0.4, -0.2) is 11.1 Å². The number of hydrogen-bond donors (Lipinski definition) is 4. The Morgan fingerprint density at radius 3 is 2.50 bits per heavy atom. The lowest BCUT2D eigenvalue weighted by atomic mass is 10.2. The van der Waals surface area contributed by atoms with E-state index in [1.165, 1.54) is 11.8 Å². The molecule has 18 heavy (non-hydrogen) atoms. The zero-order chi connectivity index (χ0) is 13.5. The quantitative estimate of drug-likeness (QED) is 0.346. The minimum Gasteiger partial charge on any atom is -0.477 e. The molecule has 0 aliphatic carbocycles. The van der Waals surface area contributed by atoms with Gasteiger partial charge in [0.05, 0.1) is 11.6 Å². The molecule has 1 rings (SSSR count). The van der Waals surface area contributed by atoms with E-state index in [-0.39, 0.29) is 10.7 Å². The van der Waals surface area contributed by atoms with E-state index in [0.29, 0.717) is 11.3 Å². The number of hydrogen-bond acceptors (Lipinski definition) is 6. The average molecular weight is 264 g/mol. The summed E-state index contributed by atoms with van der Waals surface area (Å²) in [5.74, 6) is 4.48. The monoisotopic (exact) mass is 264 g/mol. The van der Waals surface area contributed by atoms with E-state index >= 15 is 0 Å². The Hall–Kier alpha value is -2.17. The van der Waals surface area contributed by atoms with Crippen LogP contribution in [0.2, 0.25) is 0 Å². The number of carbonyl (C=O) groups is 1. The highest BCUT2D eigenvalue weighted by Gasteiger charge is 2.10. The predicted molar refractivity (Wildman–Crippen MR) is 68.6 cm³/mol. The number of rotatable bonds is 5. The SMILES string of the molecule is N#Cc1ccc(CS/C(NN)=C(/N)C(=O)O)cc1. The highest BCUT2D eigenvalue weighted by atomic mass is 32.2. The van der Waals surface area contributed by atoms with E-state index in [1.807, 2.05) is 6.07 Å². The van der Waals surface area contributed by atoms with Gasteiger partial charge in [0.1, 0.15) is 10.7 Å². The molecule has 1 aromatic rings. The van der Waals surface area contributed by atoms with Crippen LogP contribution in [0.1, 0.15) is 11.1 Å². The van der Waals surface area contributed by atoms with Crippen molar-refractivity contribution in [2.45, 2.75) is 5.75 Å². The molecule has 1 aromatic carbocycles. The fourth-order valence-corrected chi connectivity index (χ4v) is 1.95. The number of benzene rings is 1. The van der Waals surface area contributed by atoms with E-state index in [9.17, 15) is 4.79 Å². The van der Waals surface area contributed by atoms with Gasteiger partial charge in [-0.1, -0.05) is 12.1 Å². The summed E-state index contributed by atoms with van der Waals surface area (Å²) in [6, 6.07) is 8.97. The summed E-state index contributed by atoms with van der Waals surface area (Å²) in [5.41, 5.74) is 8.80. The first-order valence-corrected chi connectivity index (χ1v) is 5.88. The first-order chi connectivity index (χ1) is 8.58. The average Bonchev–Trinajstić information content (AvgIpc) is 2.39. The van der Waals surface area contributed by atoms with E-state index in [2.05, 4.69) is 5.43 Å². The van der Waals surface area contributed by atoms with Gasteiger partial charge in [0.2, 0.25) is 0 Å². The summed E-state index contributed by atoms with van der Waals surface area (Å²) in [4.78, 5) is 10.7. The Balaban J connectivity index is 2.72. The van der Waals surface area contributed by atoms with Gasteiger partial charge in [-0.15, -0.1) is 11.8 Å². The lowest BCUT2D eigenvalue weighted by molar-refractivity contribution is -0.132. The van der Waals surface area contributed by atoms with Gasteiger partial charge >= 0.3 is 5.97 Å². The van der Waals surface area contributed by atoms with Crippen LogP contribution in [0.5, 0.6) is 0 Å². The molecular weight excluding hydrogens is 252 g/mol. The van der Waals surface area contributed by atoms with Crippen LogP contribution in [0.3, 0.4) is 0 Å². The van der Waals surface area contributed by atoms with Crippen molar-refractivity contribution < 1.29 is 9.90 Å². The number of nitriles is 1. The number of nitrogens with zero attached hydrogens (tertiary/aromatic N) is 1. The van der Waals surface area contributed by atoms with Gasteiger partial charge in [-0.25, -0.2) is 10.6 Å². The molecule has 0 aromatic heterocycles. The Morgan fingerprint density at radius 2 is 2.06 bits per heavy atom. The minimum absolute atomic E-state index is 0.201. The van der Waals surface area contributed by atoms with Crippen molar-refractivity contribution in [3.63, 3.8) is 0 Å². The van der Waals surface area contributed by atoms with E-state index in [4.69, 9.17) is 21.9 Å². The molecule has 0 saturated carbocycles. The molecule has 0 spiro atoms. The first kappa shape index (κ1) is 13.9. The Labute approximate surface area is 108 Å². The van der Waals surface area contributed by atoms with Crippen molar-refractivity contribution in [2.75, 3.05) is 0 Å². The maximum atomic E-state index is 10.7. The molecule has 6 N–H and O–H groups in total. The van der Waals surface area contributed by atoms with Crippen molar-refractivity contribution in [1.82, 2.24) is 5.43 Å². The third-order valence-electron chi connectivity index (χ3n) is 2.07. The van der Waals surface area contributed by atoms with Crippen LogP contribution in [-0.2, 0) is 10.5 Å². The molecule has 0 heterocycles. The third kappa shape index (κ3) is 3.69. The number of hydrazine groups is 1. The zero-order valence-electron chi connectivity index (χ0n) is 9.38. The molecule has 6 nitrogen and oxygen atoms in total. The summed E-state index contributed by atoms with van der Waals surface area (Å²) >= 11 is 1.18. The van der Waals surface area contributed by atoms with Crippen molar-refractivity contribution >= 4 is 17.7 Å². The molecule has 0 bridgehead atoms. The fraction of sp³-hybridized carbons (Fsp3) is 0.0909. The highest BCUT2D eigenvalue weighted by molar-refractivity contribution is 8.02. The number of aliphatic carboxylic acids is 1. The van der Waals surface area contributed by atoms with Gasteiger partial charge < -0.3 is 16.3 Å². The molecule has 0 amide bonds. The normalized spacial score (nSPS) is 11.3. The minimum atomic E-state index is -1.23. The largest absolute Gasteiger partial charge is 0.477 e. The summed E-state index contributed by atoms with van der Waals surface area (Å²) in [5, 5.41) is 17.6. The third-order valence-corrected chi connectivity index (χ3v) is 3.18. The van der Waals surface area contributed by atoms with Gasteiger partial charge in [0, 0.05) is 5.75 Å². The molecule has 0 saturated heterocycles. The zero-order valence-corrected chi connectivity index (χ0v) is 10.2. The van der Waals surface area contributed by atoms with Gasteiger partial charge in [-0.3, -0.25) is 0 Å². The Morgan fingerprint density at radius 1 is 1.44 bits per heavy atom. The molecule has 0 aliphatic rings. The number of thioether (sulfide) groups is 1. The van der Waals surface area contributed by atoms with Crippen molar-refractivity contribution in [3.8, 4) is 6.07 Å². The van der Waals surface area contributed by atoms with Gasteiger partial charge in [0.15, 0.2) is 0 Å². The maximum Gasteiger partial charge on any atom is 0.354 e. The maximum absolute atomic E-state index is 10.7. The second-order valence-electron chi connectivity index (χ2n) is 3.29. The summed E-state index contributed by atoms with van der Waals surface area (Å²) < 4.78 is 0. The standard InChI is InChI=1S/C11H12N4O2S/c12-5-7-1-3-8(4-2-7)6-18-10(15-14)9(13)11(16)17/h1-4,15H,6,13-14H2,(H,16,17)/b10-9+. The smallest absolute Gasteiger partial charge is 0.354 e. The van der Waals surface area contributed by atoms with Crippen LogP contribution < -0.4 is 17.0 Å². The number of carboxylic acid groups (broad SMARTS) is 1. The van der Waals surface area contributed by atoms with Crippen molar-refractivity contribution in [3.05, 3.63) is 46.1 Å². The molecule has 0 radical (unpaired) electrons. The molecule has 7 heteroatoms. The van der Waals surface area contributed by atoms with Crippen molar-refractivity contribution in [1.29, 1.82) is 5.26 Å². The lowest BCUT2D eigenvalue weighted by Crippen LogP contribution is -2.26. The van der Waals surface area contributed by atoms with Crippen LogP contribution in [0, 0.1) is 11.3 Å². The van der Waals surface area contributed by atoms with E-state index in [1.54, 1.807) is 24.3 Å².